The summed E-state index contributed by atoms with van der Waals surface area (Å²) in [5, 5.41) is 3.01. The van der Waals surface area contributed by atoms with Crippen LogP contribution in [0.5, 0.6) is 0 Å². The number of anilines is 1. The molecular formula is C8H7ClN2O. The van der Waals surface area contributed by atoms with Crippen LogP contribution in [0.3, 0.4) is 0 Å². The van der Waals surface area contributed by atoms with Gasteiger partial charge in [0.05, 0.1) is 0 Å². The fourth-order valence-electron chi connectivity index (χ4n) is 0.650. The van der Waals surface area contributed by atoms with Gasteiger partial charge in [-0.15, -0.1) is 0 Å². The first-order chi connectivity index (χ1) is 5.72. The lowest BCUT2D eigenvalue weighted by molar-refractivity contribution is -0.111. The van der Waals surface area contributed by atoms with E-state index >= 15 is 0 Å². The van der Waals surface area contributed by atoms with Gasteiger partial charge in [-0.1, -0.05) is 18.2 Å². The van der Waals surface area contributed by atoms with Crippen molar-refractivity contribution in [3.05, 3.63) is 36.0 Å². The van der Waals surface area contributed by atoms with Crippen LogP contribution in [0.25, 0.3) is 0 Å². The van der Waals surface area contributed by atoms with Crippen molar-refractivity contribution in [1.29, 1.82) is 0 Å². The summed E-state index contributed by atoms with van der Waals surface area (Å²) in [7, 11) is 0. The zero-order chi connectivity index (χ0) is 8.97. The molecule has 0 aliphatic heterocycles. The third-order valence-electron chi connectivity index (χ3n) is 1.16. The molecule has 3 nitrogen and oxygen atoms in total. The summed E-state index contributed by atoms with van der Waals surface area (Å²) in [4.78, 5) is 14.6. The number of carbonyl (C=O) groups is 1. The molecule has 0 fully saturated rings. The van der Waals surface area contributed by atoms with Crippen molar-refractivity contribution in [1.82, 2.24) is 4.98 Å². The number of carbonyl (C=O) groups excluding carboxylic acids is 1. The molecule has 4 heteroatoms. The van der Waals surface area contributed by atoms with E-state index in [0.29, 0.717) is 10.8 Å². The highest BCUT2D eigenvalue weighted by molar-refractivity contribution is 6.30. The van der Waals surface area contributed by atoms with Gasteiger partial charge in [0.2, 0.25) is 5.91 Å². The van der Waals surface area contributed by atoms with Crippen LogP contribution in [0.1, 0.15) is 0 Å². The van der Waals surface area contributed by atoms with Crippen molar-refractivity contribution >= 4 is 23.3 Å². The maximum atomic E-state index is 10.8. The van der Waals surface area contributed by atoms with E-state index in [1.807, 2.05) is 0 Å². The number of rotatable bonds is 2. The average Bonchev–Trinajstić information content (AvgIpc) is 2.04. The lowest BCUT2D eigenvalue weighted by Crippen LogP contribution is -2.08. The van der Waals surface area contributed by atoms with Gasteiger partial charge >= 0.3 is 0 Å². The summed E-state index contributed by atoms with van der Waals surface area (Å²) >= 11 is 5.65. The molecule has 0 atom stereocenters. The van der Waals surface area contributed by atoms with Gasteiger partial charge in [0.25, 0.3) is 0 Å². The number of nitrogens with one attached hydrogen (secondary N) is 1. The van der Waals surface area contributed by atoms with E-state index in [9.17, 15) is 4.79 Å². The van der Waals surface area contributed by atoms with Crippen LogP contribution < -0.4 is 5.32 Å². The smallest absolute Gasteiger partial charge is 0.248 e. The molecule has 0 bridgehead atoms. The Balaban J connectivity index is 2.76. The molecule has 0 aliphatic carbocycles. The number of amides is 1. The van der Waals surface area contributed by atoms with Crippen LogP contribution in [-0.2, 0) is 4.79 Å². The molecule has 12 heavy (non-hydrogen) atoms. The molecule has 1 aromatic heterocycles. The Bertz CT molecular complexity index is 312. The predicted octanol–water partition coefficient (Wildman–Crippen LogP) is 1.86. The predicted molar refractivity (Wildman–Crippen MR) is 48.1 cm³/mol. The molecule has 0 saturated heterocycles. The molecule has 0 aromatic carbocycles. The van der Waals surface area contributed by atoms with E-state index in [-0.39, 0.29) is 5.91 Å². The third kappa shape index (κ3) is 2.36. The SMILES string of the molecule is C=CC(=O)Nc1cc(Cl)ccn1. The molecule has 0 saturated carbocycles. The molecule has 0 spiro atoms. The van der Waals surface area contributed by atoms with E-state index < -0.39 is 0 Å². The van der Waals surface area contributed by atoms with Crippen molar-refractivity contribution in [3.63, 3.8) is 0 Å². The van der Waals surface area contributed by atoms with E-state index in [1.54, 1.807) is 12.1 Å². The summed E-state index contributed by atoms with van der Waals surface area (Å²) in [6.07, 6.45) is 2.68. The molecule has 1 N–H and O–H groups in total. The minimum Gasteiger partial charge on any atom is -0.307 e. The maximum Gasteiger partial charge on any atom is 0.248 e. The molecule has 1 amide bonds. The van der Waals surface area contributed by atoms with Crippen molar-refractivity contribution in [2.24, 2.45) is 0 Å². The Hall–Kier alpha value is -1.35. The lowest BCUT2D eigenvalue weighted by Gasteiger charge is -1.99. The Morgan fingerprint density at radius 2 is 2.50 bits per heavy atom. The highest BCUT2D eigenvalue weighted by Gasteiger charge is 1.97. The Morgan fingerprint density at radius 3 is 3.08 bits per heavy atom. The first-order valence-corrected chi connectivity index (χ1v) is 3.65. The quantitative estimate of drug-likeness (QED) is 0.710. The Kier molecular flexibility index (Phi) is 2.82. The number of pyridine rings is 1. The zero-order valence-corrected chi connectivity index (χ0v) is 7.01. The van der Waals surface area contributed by atoms with Gasteiger partial charge < -0.3 is 5.32 Å². The van der Waals surface area contributed by atoms with Crippen LogP contribution in [0.4, 0.5) is 5.82 Å². The van der Waals surface area contributed by atoms with Gasteiger partial charge in [0, 0.05) is 11.2 Å². The number of hydrogen-bond acceptors (Lipinski definition) is 2. The molecule has 62 valence electrons. The summed E-state index contributed by atoms with van der Waals surface area (Å²) in [6, 6.07) is 3.19. The maximum absolute atomic E-state index is 10.8. The molecule has 0 unspecified atom stereocenters. The first kappa shape index (κ1) is 8.74. The van der Waals surface area contributed by atoms with E-state index in [0.717, 1.165) is 0 Å². The second kappa shape index (κ2) is 3.88. The fraction of sp³-hybridized carbons (Fsp3) is 0. The number of nitrogens with zero attached hydrogens (tertiary/aromatic N) is 1. The van der Waals surface area contributed by atoms with Gasteiger partial charge in [-0.25, -0.2) is 4.98 Å². The van der Waals surface area contributed by atoms with E-state index in [2.05, 4.69) is 16.9 Å². The summed E-state index contributed by atoms with van der Waals surface area (Å²) in [5.41, 5.74) is 0. The number of aromatic nitrogens is 1. The van der Waals surface area contributed by atoms with Crippen LogP contribution in [0.15, 0.2) is 31.0 Å². The highest BCUT2D eigenvalue weighted by atomic mass is 35.5. The Morgan fingerprint density at radius 1 is 1.75 bits per heavy atom. The van der Waals surface area contributed by atoms with Crippen LogP contribution >= 0.6 is 11.6 Å². The summed E-state index contributed by atoms with van der Waals surface area (Å²) in [6.45, 7) is 3.31. The minimum absolute atomic E-state index is 0.301. The molecule has 1 aromatic rings. The summed E-state index contributed by atoms with van der Waals surface area (Å²) < 4.78 is 0. The molecule has 0 aliphatic rings. The van der Waals surface area contributed by atoms with Crippen molar-refractivity contribution < 1.29 is 4.79 Å². The van der Waals surface area contributed by atoms with Crippen molar-refractivity contribution in [3.8, 4) is 0 Å². The number of hydrogen-bond donors (Lipinski definition) is 1. The summed E-state index contributed by atoms with van der Waals surface area (Å²) in [5.74, 6) is 0.122. The zero-order valence-electron chi connectivity index (χ0n) is 6.25. The van der Waals surface area contributed by atoms with Crippen molar-refractivity contribution in [2.45, 2.75) is 0 Å². The molecule has 1 heterocycles. The average molecular weight is 183 g/mol. The van der Waals surface area contributed by atoms with Crippen LogP contribution in [0.2, 0.25) is 5.02 Å². The largest absolute Gasteiger partial charge is 0.307 e. The minimum atomic E-state index is -0.301. The molecular weight excluding hydrogens is 176 g/mol. The van der Waals surface area contributed by atoms with Gasteiger partial charge in [0.1, 0.15) is 5.82 Å². The number of halogens is 1. The van der Waals surface area contributed by atoms with Crippen LogP contribution in [0, 0.1) is 0 Å². The monoisotopic (exact) mass is 182 g/mol. The van der Waals surface area contributed by atoms with Gasteiger partial charge in [-0.3, -0.25) is 4.79 Å². The standard InChI is InChI=1S/C8H7ClN2O/c1-2-8(12)11-7-5-6(9)3-4-10-7/h2-5H,1H2,(H,10,11,12). The van der Waals surface area contributed by atoms with E-state index in [4.69, 9.17) is 11.6 Å². The second-order valence-electron chi connectivity index (χ2n) is 2.05. The topological polar surface area (TPSA) is 42.0 Å². The Labute approximate surface area is 75.1 Å². The van der Waals surface area contributed by atoms with Gasteiger partial charge in [-0.05, 0) is 18.2 Å². The highest BCUT2D eigenvalue weighted by Crippen LogP contribution is 2.11. The lowest BCUT2D eigenvalue weighted by atomic mass is 10.4. The third-order valence-corrected chi connectivity index (χ3v) is 1.39. The second-order valence-corrected chi connectivity index (χ2v) is 2.49. The van der Waals surface area contributed by atoms with Crippen molar-refractivity contribution in [2.75, 3.05) is 5.32 Å². The molecule has 1 rings (SSSR count). The fourth-order valence-corrected chi connectivity index (χ4v) is 0.810. The van der Waals surface area contributed by atoms with Crippen LogP contribution in [-0.4, -0.2) is 10.9 Å². The van der Waals surface area contributed by atoms with Gasteiger partial charge in [-0.2, -0.15) is 0 Å². The van der Waals surface area contributed by atoms with E-state index in [1.165, 1.54) is 12.3 Å². The first-order valence-electron chi connectivity index (χ1n) is 3.27. The van der Waals surface area contributed by atoms with Gasteiger partial charge in [0.15, 0.2) is 0 Å². The molecule has 0 radical (unpaired) electrons. The normalized spacial score (nSPS) is 9.08.